The van der Waals surface area contributed by atoms with Crippen LogP contribution < -0.4 is 10.3 Å². The van der Waals surface area contributed by atoms with Gasteiger partial charge >= 0.3 is 0 Å². The van der Waals surface area contributed by atoms with Crippen LogP contribution in [-0.4, -0.2) is 24.0 Å². The van der Waals surface area contributed by atoms with Gasteiger partial charge in [0.05, 0.1) is 0 Å². The van der Waals surface area contributed by atoms with Gasteiger partial charge in [0.2, 0.25) is 0 Å². The van der Waals surface area contributed by atoms with Crippen LogP contribution in [0.5, 0.6) is 5.75 Å². The largest absolute Gasteiger partial charge is 0.507 e. The van der Waals surface area contributed by atoms with E-state index in [1.807, 2.05) is 4.83 Å². The molecule has 0 fully saturated rings. The first-order valence-electron chi connectivity index (χ1n) is 6.04. The number of amides is 1. The summed E-state index contributed by atoms with van der Waals surface area (Å²) in [4.78, 5) is 13.5. The van der Waals surface area contributed by atoms with Gasteiger partial charge < -0.3 is 9.67 Å². The minimum absolute atomic E-state index is 0.297. The number of phenolic OH excluding ortho intramolecular Hbond substituents is 1. The first-order chi connectivity index (χ1) is 9.81. The smallest absolute Gasteiger partial charge is 0.282 e. The Kier molecular flexibility index (Phi) is 4.01. The van der Waals surface area contributed by atoms with Gasteiger partial charge in [-0.1, -0.05) is 6.07 Å². The first kappa shape index (κ1) is 15.1. The predicted molar refractivity (Wildman–Crippen MR) is 76.0 cm³/mol. The molecule has 0 saturated heterocycles. The third-order valence-corrected chi connectivity index (χ3v) is 4.16. The van der Waals surface area contributed by atoms with Crippen molar-refractivity contribution < 1.29 is 18.3 Å². The van der Waals surface area contributed by atoms with Gasteiger partial charge in [-0.15, -0.1) is 4.83 Å². The second-order valence-corrected chi connectivity index (χ2v) is 6.19. The molecule has 0 radical (unpaired) electrons. The van der Waals surface area contributed by atoms with Crippen LogP contribution in [0.3, 0.4) is 0 Å². The Morgan fingerprint density at radius 1 is 1.29 bits per heavy atom. The molecule has 2 rings (SSSR count). The zero-order chi connectivity index (χ0) is 15.6. The molecule has 1 aromatic heterocycles. The molecular weight excluding hydrogens is 294 g/mol. The summed E-state index contributed by atoms with van der Waals surface area (Å²) < 4.78 is 25.7. The lowest BCUT2D eigenvalue weighted by atomic mass is 10.2. The third-order valence-electron chi connectivity index (χ3n) is 2.88. The van der Waals surface area contributed by atoms with E-state index in [1.54, 1.807) is 42.9 Å². The van der Waals surface area contributed by atoms with Crippen LogP contribution in [-0.2, 0) is 17.1 Å². The van der Waals surface area contributed by atoms with Crippen molar-refractivity contribution in [3.8, 4) is 5.75 Å². The number of aromatic hydroxyl groups is 1. The van der Waals surface area contributed by atoms with Crippen molar-refractivity contribution in [2.45, 2.75) is 11.8 Å². The van der Waals surface area contributed by atoms with Gasteiger partial charge in [-0.05, 0) is 36.8 Å². The molecule has 21 heavy (non-hydrogen) atoms. The summed E-state index contributed by atoms with van der Waals surface area (Å²) >= 11 is 0. The van der Waals surface area contributed by atoms with Gasteiger partial charge in [0.1, 0.15) is 16.3 Å². The molecule has 0 unspecified atom stereocenters. The highest BCUT2D eigenvalue weighted by Crippen LogP contribution is 2.22. The molecule has 112 valence electrons. The number of phenols is 1. The van der Waals surface area contributed by atoms with Crippen LogP contribution in [0, 0.1) is 6.92 Å². The highest BCUT2D eigenvalue weighted by atomic mass is 32.2. The Morgan fingerprint density at radius 2 is 2.00 bits per heavy atom. The zero-order valence-corrected chi connectivity index (χ0v) is 12.3. The standard InChI is InChI=1S/C13H15N3O4S/c1-9-5-6-11(17)12(8-9)21(19,20)15-14-13(18)10-4-3-7-16(10)2/h3-8,15,17H,1-2H3,(H,14,18). The molecule has 0 aliphatic rings. The minimum Gasteiger partial charge on any atom is -0.507 e. The number of nitrogens with zero attached hydrogens (tertiary/aromatic N) is 1. The quantitative estimate of drug-likeness (QED) is 0.722. The zero-order valence-electron chi connectivity index (χ0n) is 11.5. The van der Waals surface area contributed by atoms with E-state index < -0.39 is 15.9 Å². The van der Waals surface area contributed by atoms with Gasteiger partial charge in [-0.25, -0.2) is 8.42 Å². The molecule has 0 aliphatic heterocycles. The monoisotopic (exact) mass is 309 g/mol. The number of aryl methyl sites for hydroxylation is 2. The van der Waals surface area contributed by atoms with Crippen molar-refractivity contribution in [1.82, 2.24) is 14.8 Å². The number of nitrogens with one attached hydrogen (secondary N) is 2. The molecule has 0 aliphatic carbocycles. The summed E-state index contributed by atoms with van der Waals surface area (Å²) in [6.45, 7) is 1.70. The van der Waals surface area contributed by atoms with Gasteiger partial charge in [0, 0.05) is 13.2 Å². The Balaban J connectivity index is 2.17. The fourth-order valence-electron chi connectivity index (χ4n) is 1.77. The van der Waals surface area contributed by atoms with E-state index in [2.05, 4.69) is 5.43 Å². The summed E-state index contributed by atoms with van der Waals surface area (Å²) in [7, 11) is -2.39. The van der Waals surface area contributed by atoms with Crippen molar-refractivity contribution in [2.24, 2.45) is 7.05 Å². The van der Waals surface area contributed by atoms with Crippen molar-refractivity contribution in [2.75, 3.05) is 0 Å². The van der Waals surface area contributed by atoms with E-state index in [0.717, 1.165) is 0 Å². The average Bonchev–Trinajstić information content (AvgIpc) is 2.85. The molecule has 8 heteroatoms. The number of rotatable bonds is 4. The van der Waals surface area contributed by atoms with Crippen LogP contribution in [0.25, 0.3) is 0 Å². The molecular formula is C13H15N3O4S. The molecule has 3 N–H and O–H groups in total. The molecule has 1 amide bonds. The van der Waals surface area contributed by atoms with Crippen molar-refractivity contribution in [1.29, 1.82) is 0 Å². The number of sulfonamides is 1. The van der Waals surface area contributed by atoms with Crippen LogP contribution in [0.4, 0.5) is 0 Å². The SMILES string of the molecule is Cc1ccc(O)c(S(=O)(=O)NNC(=O)c2cccn2C)c1. The van der Waals surface area contributed by atoms with Crippen molar-refractivity contribution in [3.05, 3.63) is 47.8 Å². The van der Waals surface area contributed by atoms with Gasteiger partial charge in [0.25, 0.3) is 15.9 Å². The fourth-order valence-corrected chi connectivity index (χ4v) is 2.79. The van der Waals surface area contributed by atoms with Crippen LogP contribution in [0.15, 0.2) is 41.4 Å². The highest BCUT2D eigenvalue weighted by Gasteiger charge is 2.20. The molecule has 2 aromatic rings. The van der Waals surface area contributed by atoms with Gasteiger partial charge in [-0.3, -0.25) is 10.2 Å². The normalized spacial score (nSPS) is 11.3. The molecule has 0 bridgehead atoms. The molecule has 1 heterocycles. The molecule has 0 saturated carbocycles. The van der Waals surface area contributed by atoms with Crippen molar-refractivity contribution >= 4 is 15.9 Å². The summed E-state index contributed by atoms with van der Waals surface area (Å²) in [6.07, 6.45) is 1.66. The van der Waals surface area contributed by atoms with Gasteiger partial charge in [0.15, 0.2) is 0 Å². The highest BCUT2D eigenvalue weighted by molar-refractivity contribution is 7.89. The maximum atomic E-state index is 12.1. The maximum Gasteiger partial charge on any atom is 0.282 e. The molecule has 7 nitrogen and oxygen atoms in total. The summed E-state index contributed by atoms with van der Waals surface area (Å²) in [5.74, 6) is -0.987. The predicted octanol–water partition coefficient (Wildman–Crippen LogP) is 0.662. The summed E-state index contributed by atoms with van der Waals surface area (Å²) in [5, 5.41) is 9.63. The van der Waals surface area contributed by atoms with E-state index >= 15 is 0 Å². The fraction of sp³-hybridized carbons (Fsp3) is 0.154. The summed E-state index contributed by atoms with van der Waals surface area (Å²) in [5.41, 5.74) is 3.07. The second kappa shape index (κ2) is 5.58. The van der Waals surface area contributed by atoms with E-state index in [4.69, 9.17) is 0 Å². The third kappa shape index (κ3) is 3.23. The molecule has 1 aromatic carbocycles. The number of hydrogen-bond acceptors (Lipinski definition) is 4. The van der Waals surface area contributed by atoms with Crippen LogP contribution >= 0.6 is 0 Å². The Morgan fingerprint density at radius 3 is 2.62 bits per heavy atom. The first-order valence-corrected chi connectivity index (χ1v) is 7.52. The summed E-state index contributed by atoms with van der Waals surface area (Å²) in [6, 6.07) is 7.38. The van der Waals surface area contributed by atoms with Gasteiger partial charge in [-0.2, -0.15) is 0 Å². The number of carbonyl (C=O) groups is 1. The second-order valence-electron chi connectivity index (χ2n) is 4.54. The lowest BCUT2D eigenvalue weighted by Crippen LogP contribution is -2.42. The maximum absolute atomic E-state index is 12.1. The van der Waals surface area contributed by atoms with E-state index in [1.165, 1.54) is 12.1 Å². The molecule has 0 atom stereocenters. The number of benzene rings is 1. The Bertz CT molecular complexity index is 780. The van der Waals surface area contributed by atoms with Crippen molar-refractivity contribution in [3.63, 3.8) is 0 Å². The van der Waals surface area contributed by atoms with E-state index in [9.17, 15) is 18.3 Å². The number of hydrogen-bond donors (Lipinski definition) is 3. The van der Waals surface area contributed by atoms with Crippen LogP contribution in [0.1, 0.15) is 16.1 Å². The topological polar surface area (TPSA) is 100 Å². The van der Waals surface area contributed by atoms with E-state index in [0.29, 0.717) is 11.3 Å². The minimum atomic E-state index is -4.05. The molecule has 0 spiro atoms. The lowest BCUT2D eigenvalue weighted by Gasteiger charge is -2.10. The number of carbonyl (C=O) groups excluding carboxylic acids is 1. The van der Waals surface area contributed by atoms with E-state index in [-0.39, 0.29) is 10.6 Å². The Hall–Kier alpha value is -2.32. The number of hydrazine groups is 1. The Labute approximate surface area is 122 Å². The number of aromatic nitrogens is 1. The van der Waals surface area contributed by atoms with Crippen LogP contribution in [0.2, 0.25) is 0 Å². The average molecular weight is 309 g/mol. The lowest BCUT2D eigenvalue weighted by molar-refractivity contribution is 0.0937.